The van der Waals surface area contributed by atoms with Crippen LogP contribution in [-0.2, 0) is 0 Å². The first-order valence-electron chi connectivity index (χ1n) is 4.31. The molecule has 0 aliphatic heterocycles. The van der Waals surface area contributed by atoms with Crippen LogP contribution in [0.4, 0.5) is 0 Å². The van der Waals surface area contributed by atoms with Gasteiger partial charge >= 0.3 is 5.97 Å². The third-order valence-electron chi connectivity index (χ3n) is 2.00. The number of imidazole rings is 1. The number of nitrogens with zero attached hydrogens (tertiary/aromatic N) is 2. The molecule has 1 heterocycles. The molecule has 0 spiro atoms. The molecule has 0 saturated heterocycles. The Labute approximate surface area is 101 Å². The normalized spacial score (nSPS) is 10.4. The van der Waals surface area contributed by atoms with Crippen molar-refractivity contribution in [1.82, 2.24) is 9.55 Å². The van der Waals surface area contributed by atoms with Crippen molar-refractivity contribution < 1.29 is 9.90 Å². The maximum atomic E-state index is 10.7. The summed E-state index contributed by atoms with van der Waals surface area (Å²) in [6.07, 6.45) is 2.71. The van der Waals surface area contributed by atoms with E-state index >= 15 is 0 Å². The maximum Gasteiger partial charge on any atom is 0.356 e. The Morgan fingerprint density at radius 1 is 1.31 bits per heavy atom. The lowest BCUT2D eigenvalue weighted by atomic mass is 10.3. The molecule has 0 aliphatic rings. The molecule has 2 aromatic rings. The van der Waals surface area contributed by atoms with Gasteiger partial charge in [0.15, 0.2) is 5.69 Å². The van der Waals surface area contributed by atoms with Gasteiger partial charge in [0.2, 0.25) is 0 Å². The zero-order chi connectivity index (χ0) is 11.7. The number of aromatic carboxylic acids is 1. The van der Waals surface area contributed by atoms with Gasteiger partial charge in [0.25, 0.3) is 0 Å². The minimum atomic E-state index is -1.10. The summed E-state index contributed by atoms with van der Waals surface area (Å²) < 4.78 is 1.48. The monoisotopic (exact) mass is 256 g/mol. The van der Waals surface area contributed by atoms with E-state index in [9.17, 15) is 4.79 Å². The van der Waals surface area contributed by atoms with Crippen molar-refractivity contribution in [1.29, 1.82) is 0 Å². The summed E-state index contributed by atoms with van der Waals surface area (Å²) in [6.45, 7) is 0. The maximum absolute atomic E-state index is 10.7. The number of hydrogen-bond acceptors (Lipinski definition) is 2. The van der Waals surface area contributed by atoms with Crippen molar-refractivity contribution in [3.63, 3.8) is 0 Å². The lowest BCUT2D eigenvalue weighted by Crippen LogP contribution is -1.96. The molecule has 0 fully saturated rings. The SMILES string of the molecule is O=C(O)c1cn(-c2c(Cl)cccc2Cl)cn1. The molecule has 0 amide bonds. The highest BCUT2D eigenvalue weighted by atomic mass is 35.5. The van der Waals surface area contributed by atoms with Gasteiger partial charge in [-0.15, -0.1) is 0 Å². The van der Waals surface area contributed by atoms with Crippen LogP contribution in [0.25, 0.3) is 5.69 Å². The molecule has 6 heteroatoms. The van der Waals surface area contributed by atoms with E-state index in [-0.39, 0.29) is 5.69 Å². The fourth-order valence-electron chi connectivity index (χ4n) is 1.29. The number of benzene rings is 1. The Morgan fingerprint density at radius 3 is 2.44 bits per heavy atom. The van der Waals surface area contributed by atoms with Crippen LogP contribution in [-0.4, -0.2) is 20.6 Å². The highest BCUT2D eigenvalue weighted by molar-refractivity contribution is 6.37. The number of para-hydroxylation sites is 1. The lowest BCUT2D eigenvalue weighted by molar-refractivity contribution is 0.0691. The molecule has 0 aliphatic carbocycles. The molecule has 0 radical (unpaired) electrons. The summed E-state index contributed by atoms with van der Waals surface area (Å²) in [5.74, 6) is -1.10. The second-order valence-electron chi connectivity index (χ2n) is 3.04. The predicted octanol–water partition coefficient (Wildman–Crippen LogP) is 2.88. The number of carbonyl (C=O) groups is 1. The van der Waals surface area contributed by atoms with Crippen LogP contribution in [0.3, 0.4) is 0 Å². The van der Waals surface area contributed by atoms with Crippen LogP contribution in [0.15, 0.2) is 30.7 Å². The second-order valence-corrected chi connectivity index (χ2v) is 3.86. The molecule has 1 aromatic heterocycles. The molecule has 0 bridgehead atoms. The Balaban J connectivity index is 2.54. The topological polar surface area (TPSA) is 55.1 Å². The largest absolute Gasteiger partial charge is 0.476 e. The Bertz CT molecular complexity index is 531. The number of halogens is 2. The third kappa shape index (κ3) is 1.89. The molecule has 2 rings (SSSR count). The summed E-state index contributed by atoms with van der Waals surface area (Å²) in [5, 5.41) is 9.61. The number of carboxylic acids is 1. The van der Waals surface area contributed by atoms with Crippen LogP contribution < -0.4 is 0 Å². The summed E-state index contributed by atoms with van der Waals surface area (Å²) in [5.41, 5.74) is 0.460. The van der Waals surface area contributed by atoms with Crippen LogP contribution in [0, 0.1) is 0 Å². The average Bonchev–Trinajstić information content (AvgIpc) is 2.66. The van der Waals surface area contributed by atoms with Gasteiger partial charge < -0.3 is 9.67 Å². The fraction of sp³-hybridized carbons (Fsp3) is 0. The fourth-order valence-corrected chi connectivity index (χ4v) is 1.88. The summed E-state index contributed by atoms with van der Waals surface area (Å²) in [6, 6.07) is 5.05. The van der Waals surface area contributed by atoms with E-state index in [4.69, 9.17) is 28.3 Å². The smallest absolute Gasteiger partial charge is 0.356 e. The number of hydrogen-bond donors (Lipinski definition) is 1. The molecule has 16 heavy (non-hydrogen) atoms. The molecule has 4 nitrogen and oxygen atoms in total. The van der Waals surface area contributed by atoms with Crippen LogP contribution in [0.5, 0.6) is 0 Å². The number of rotatable bonds is 2. The van der Waals surface area contributed by atoms with Crippen molar-refractivity contribution in [3.8, 4) is 5.69 Å². The van der Waals surface area contributed by atoms with Crippen molar-refractivity contribution in [2.24, 2.45) is 0 Å². The first-order chi connectivity index (χ1) is 7.59. The van der Waals surface area contributed by atoms with Gasteiger partial charge in [-0.2, -0.15) is 0 Å². The Hall–Kier alpha value is -1.52. The van der Waals surface area contributed by atoms with E-state index in [0.717, 1.165) is 0 Å². The predicted molar refractivity (Wildman–Crippen MR) is 60.5 cm³/mol. The van der Waals surface area contributed by atoms with Crippen molar-refractivity contribution in [3.05, 3.63) is 46.5 Å². The van der Waals surface area contributed by atoms with E-state index in [1.165, 1.54) is 17.1 Å². The van der Waals surface area contributed by atoms with Crippen molar-refractivity contribution in [2.45, 2.75) is 0 Å². The van der Waals surface area contributed by atoms with Gasteiger partial charge in [-0.25, -0.2) is 9.78 Å². The van der Waals surface area contributed by atoms with E-state index in [1.54, 1.807) is 18.2 Å². The second kappa shape index (κ2) is 4.15. The minimum Gasteiger partial charge on any atom is -0.476 e. The number of carboxylic acid groups (broad SMARTS) is 1. The van der Waals surface area contributed by atoms with Crippen LogP contribution in [0.2, 0.25) is 10.0 Å². The highest BCUT2D eigenvalue weighted by Crippen LogP contribution is 2.28. The molecular weight excluding hydrogens is 251 g/mol. The summed E-state index contributed by atoms with van der Waals surface area (Å²) in [4.78, 5) is 14.4. The molecule has 1 N–H and O–H groups in total. The van der Waals surface area contributed by atoms with Gasteiger partial charge in [0, 0.05) is 6.20 Å². The zero-order valence-corrected chi connectivity index (χ0v) is 9.40. The first kappa shape index (κ1) is 11.0. The van der Waals surface area contributed by atoms with E-state index in [1.807, 2.05) is 0 Å². The van der Waals surface area contributed by atoms with E-state index < -0.39 is 5.97 Å². The molecular formula is C10H6Cl2N2O2. The minimum absolute atomic E-state index is 0.0593. The van der Waals surface area contributed by atoms with Gasteiger partial charge in [0.1, 0.15) is 6.33 Å². The Kier molecular flexibility index (Phi) is 2.85. The van der Waals surface area contributed by atoms with E-state index in [0.29, 0.717) is 15.7 Å². The summed E-state index contributed by atoms with van der Waals surface area (Å²) in [7, 11) is 0. The van der Waals surface area contributed by atoms with Gasteiger partial charge in [-0.1, -0.05) is 29.3 Å². The molecule has 1 aromatic carbocycles. The van der Waals surface area contributed by atoms with E-state index in [2.05, 4.69) is 4.98 Å². The molecule has 0 saturated carbocycles. The third-order valence-corrected chi connectivity index (χ3v) is 2.61. The quantitative estimate of drug-likeness (QED) is 0.899. The average molecular weight is 257 g/mol. The van der Waals surface area contributed by atoms with Crippen LogP contribution in [0.1, 0.15) is 10.5 Å². The molecule has 82 valence electrons. The molecule has 0 unspecified atom stereocenters. The molecule has 0 atom stereocenters. The first-order valence-corrected chi connectivity index (χ1v) is 5.07. The number of aromatic nitrogens is 2. The Morgan fingerprint density at radius 2 is 1.94 bits per heavy atom. The van der Waals surface area contributed by atoms with Gasteiger partial charge in [0.05, 0.1) is 15.7 Å². The standard InChI is InChI=1S/C10H6Cl2N2O2/c11-6-2-1-3-7(12)9(6)14-4-8(10(15)16)13-5-14/h1-5H,(H,15,16). The van der Waals surface area contributed by atoms with Gasteiger partial charge in [-0.3, -0.25) is 0 Å². The van der Waals surface area contributed by atoms with Crippen molar-refractivity contribution in [2.75, 3.05) is 0 Å². The highest BCUT2D eigenvalue weighted by Gasteiger charge is 2.11. The zero-order valence-electron chi connectivity index (χ0n) is 7.89. The summed E-state index contributed by atoms with van der Waals surface area (Å²) >= 11 is 11.9. The van der Waals surface area contributed by atoms with Gasteiger partial charge in [-0.05, 0) is 12.1 Å². The lowest BCUT2D eigenvalue weighted by Gasteiger charge is -2.06. The van der Waals surface area contributed by atoms with Crippen molar-refractivity contribution >= 4 is 29.2 Å². The van der Waals surface area contributed by atoms with Crippen LogP contribution >= 0.6 is 23.2 Å².